The molecule has 1 amide bonds. The molecule has 2 bridgehead atoms. The molecule has 1 aromatic carbocycles. The number of halogens is 1. The number of benzene rings is 1. The Labute approximate surface area is 172 Å². The Bertz CT molecular complexity index is 776. The highest BCUT2D eigenvalue weighted by molar-refractivity contribution is 5.85. The maximum atomic E-state index is 12.8. The molecule has 1 N–H and O–H groups in total. The van der Waals surface area contributed by atoms with E-state index in [1.54, 1.807) is 0 Å². The van der Waals surface area contributed by atoms with Crippen molar-refractivity contribution in [2.75, 3.05) is 13.1 Å². The molecule has 2 aromatic rings. The van der Waals surface area contributed by atoms with Crippen LogP contribution in [0, 0.1) is 0 Å². The van der Waals surface area contributed by atoms with E-state index in [0.29, 0.717) is 42.6 Å². The van der Waals surface area contributed by atoms with Gasteiger partial charge in [-0.2, -0.15) is 4.98 Å². The van der Waals surface area contributed by atoms with Crippen molar-refractivity contribution in [2.24, 2.45) is 0 Å². The number of amides is 1. The van der Waals surface area contributed by atoms with Gasteiger partial charge in [-0.3, -0.25) is 4.79 Å². The Morgan fingerprint density at radius 3 is 2.71 bits per heavy atom. The van der Waals surface area contributed by atoms with Crippen LogP contribution >= 0.6 is 12.4 Å². The number of carbonyl (C=O) groups excluding carboxylic acids is 1. The van der Waals surface area contributed by atoms with E-state index in [1.165, 1.54) is 5.56 Å². The number of aryl methyl sites for hydroxylation is 1. The molecule has 2 saturated heterocycles. The number of carbonyl (C=O) groups is 1. The lowest BCUT2D eigenvalue weighted by Crippen LogP contribution is -2.42. The van der Waals surface area contributed by atoms with Gasteiger partial charge in [0, 0.05) is 37.0 Å². The maximum Gasteiger partial charge on any atom is 0.227 e. The molecular formula is C21H29ClN4O2. The molecule has 2 atom stereocenters. The molecule has 152 valence electrons. The van der Waals surface area contributed by atoms with Crippen LogP contribution in [0.25, 0.3) is 11.4 Å². The van der Waals surface area contributed by atoms with Crippen LogP contribution < -0.4 is 5.32 Å². The molecular weight excluding hydrogens is 376 g/mol. The monoisotopic (exact) mass is 404 g/mol. The first-order valence-electron chi connectivity index (χ1n) is 10.1. The highest BCUT2D eigenvalue weighted by atomic mass is 35.5. The van der Waals surface area contributed by atoms with Crippen LogP contribution in [0.2, 0.25) is 0 Å². The van der Waals surface area contributed by atoms with Crippen molar-refractivity contribution in [3.8, 4) is 11.4 Å². The van der Waals surface area contributed by atoms with Crippen molar-refractivity contribution in [3.05, 3.63) is 35.7 Å². The van der Waals surface area contributed by atoms with Crippen LogP contribution in [0.4, 0.5) is 0 Å². The Balaban J connectivity index is 0.00000225. The second kappa shape index (κ2) is 9.05. The SMILES string of the molecule is CC(C)c1ccc(-c2noc(CCC(=O)N3C4CCNCC3CC4)n2)cc1.Cl. The molecule has 0 aliphatic carbocycles. The molecule has 2 aliphatic heterocycles. The zero-order valence-electron chi connectivity index (χ0n) is 16.6. The summed E-state index contributed by atoms with van der Waals surface area (Å²) in [6, 6.07) is 9.00. The van der Waals surface area contributed by atoms with Crippen LogP contribution in [0.5, 0.6) is 0 Å². The van der Waals surface area contributed by atoms with Gasteiger partial charge in [0.25, 0.3) is 0 Å². The molecule has 0 saturated carbocycles. The minimum Gasteiger partial charge on any atom is -0.339 e. The number of rotatable bonds is 5. The normalized spacial score (nSPS) is 21.5. The van der Waals surface area contributed by atoms with Gasteiger partial charge in [-0.25, -0.2) is 0 Å². The molecule has 6 nitrogen and oxygen atoms in total. The van der Waals surface area contributed by atoms with Crippen molar-refractivity contribution in [1.82, 2.24) is 20.4 Å². The maximum absolute atomic E-state index is 12.8. The van der Waals surface area contributed by atoms with Crippen molar-refractivity contribution in [2.45, 2.75) is 64.0 Å². The Hall–Kier alpha value is -1.92. The quantitative estimate of drug-likeness (QED) is 0.824. The lowest BCUT2D eigenvalue weighted by molar-refractivity contribution is -0.133. The number of hydrogen-bond acceptors (Lipinski definition) is 5. The van der Waals surface area contributed by atoms with Crippen molar-refractivity contribution in [3.63, 3.8) is 0 Å². The summed E-state index contributed by atoms with van der Waals surface area (Å²) < 4.78 is 5.38. The fourth-order valence-corrected chi connectivity index (χ4v) is 4.22. The molecule has 1 aromatic heterocycles. The summed E-state index contributed by atoms with van der Waals surface area (Å²) in [4.78, 5) is 19.4. The van der Waals surface area contributed by atoms with Gasteiger partial charge >= 0.3 is 0 Å². The van der Waals surface area contributed by atoms with Crippen LogP contribution in [0.1, 0.15) is 56.9 Å². The predicted molar refractivity (Wildman–Crippen MR) is 111 cm³/mol. The van der Waals surface area contributed by atoms with Gasteiger partial charge in [-0.05, 0) is 37.3 Å². The lowest BCUT2D eigenvalue weighted by atomic mass is 10.0. The second-order valence-corrected chi connectivity index (χ2v) is 7.97. The van der Waals surface area contributed by atoms with Crippen LogP contribution in [-0.4, -0.2) is 46.1 Å². The summed E-state index contributed by atoms with van der Waals surface area (Å²) in [6.45, 7) is 6.27. The van der Waals surface area contributed by atoms with E-state index in [-0.39, 0.29) is 18.3 Å². The standard InChI is InChI=1S/C21H28N4O2.ClH/c1-14(2)15-3-5-16(6-4-15)21-23-19(27-24-21)9-10-20(26)25-17-7-8-18(25)13-22-12-11-17;/h3-6,14,17-18,22H,7-13H2,1-2H3;1H. The van der Waals surface area contributed by atoms with Crippen LogP contribution in [0.15, 0.2) is 28.8 Å². The van der Waals surface area contributed by atoms with Crippen LogP contribution in [-0.2, 0) is 11.2 Å². The third-order valence-electron chi connectivity index (χ3n) is 5.80. The Morgan fingerprint density at radius 2 is 1.96 bits per heavy atom. The van der Waals surface area contributed by atoms with E-state index >= 15 is 0 Å². The van der Waals surface area contributed by atoms with Gasteiger partial charge in [0.05, 0.1) is 0 Å². The average Bonchev–Trinajstić information content (AvgIpc) is 3.23. The third kappa shape index (κ3) is 4.39. The molecule has 3 heterocycles. The molecule has 2 aliphatic rings. The van der Waals surface area contributed by atoms with Gasteiger partial charge in [0.2, 0.25) is 17.6 Å². The zero-order valence-corrected chi connectivity index (χ0v) is 17.4. The van der Waals surface area contributed by atoms with Crippen molar-refractivity contribution < 1.29 is 9.32 Å². The topological polar surface area (TPSA) is 71.3 Å². The van der Waals surface area contributed by atoms with Gasteiger partial charge in [-0.15, -0.1) is 12.4 Å². The molecule has 2 unspecified atom stereocenters. The summed E-state index contributed by atoms with van der Waals surface area (Å²) in [5, 5.41) is 7.52. The second-order valence-electron chi connectivity index (χ2n) is 7.97. The first-order valence-corrected chi connectivity index (χ1v) is 10.1. The molecule has 0 spiro atoms. The molecule has 0 radical (unpaired) electrons. The zero-order chi connectivity index (χ0) is 18.8. The van der Waals surface area contributed by atoms with Gasteiger partial charge in [-0.1, -0.05) is 43.3 Å². The summed E-state index contributed by atoms with van der Waals surface area (Å²) in [5.41, 5.74) is 2.23. The summed E-state index contributed by atoms with van der Waals surface area (Å²) in [5.74, 6) is 1.83. The van der Waals surface area contributed by atoms with Gasteiger partial charge in [0.1, 0.15) is 0 Å². The van der Waals surface area contributed by atoms with Crippen LogP contribution in [0.3, 0.4) is 0 Å². The lowest BCUT2D eigenvalue weighted by Gasteiger charge is -2.27. The van der Waals surface area contributed by atoms with E-state index in [0.717, 1.165) is 37.9 Å². The van der Waals surface area contributed by atoms with E-state index < -0.39 is 0 Å². The van der Waals surface area contributed by atoms with E-state index in [1.807, 2.05) is 12.1 Å². The van der Waals surface area contributed by atoms with Gasteiger partial charge < -0.3 is 14.7 Å². The smallest absolute Gasteiger partial charge is 0.227 e. The molecule has 2 fully saturated rings. The highest BCUT2D eigenvalue weighted by Gasteiger charge is 2.37. The molecule has 7 heteroatoms. The van der Waals surface area contributed by atoms with Crippen molar-refractivity contribution in [1.29, 1.82) is 0 Å². The number of nitrogens with zero attached hydrogens (tertiary/aromatic N) is 3. The number of fused-ring (bicyclic) bond motifs is 2. The number of nitrogens with one attached hydrogen (secondary N) is 1. The third-order valence-corrected chi connectivity index (χ3v) is 5.80. The summed E-state index contributed by atoms with van der Waals surface area (Å²) in [7, 11) is 0. The first kappa shape index (κ1) is 20.8. The molecule has 28 heavy (non-hydrogen) atoms. The first-order chi connectivity index (χ1) is 13.1. The van der Waals surface area contributed by atoms with Crippen molar-refractivity contribution >= 4 is 18.3 Å². The highest BCUT2D eigenvalue weighted by Crippen LogP contribution is 2.29. The van der Waals surface area contributed by atoms with E-state index in [9.17, 15) is 4.79 Å². The summed E-state index contributed by atoms with van der Waals surface area (Å²) in [6.07, 6.45) is 4.23. The minimum absolute atomic E-state index is 0. The number of hydrogen-bond donors (Lipinski definition) is 1. The van der Waals surface area contributed by atoms with Gasteiger partial charge in [0.15, 0.2) is 0 Å². The fourth-order valence-electron chi connectivity index (χ4n) is 4.22. The Kier molecular flexibility index (Phi) is 6.73. The fraction of sp³-hybridized carbons (Fsp3) is 0.571. The largest absolute Gasteiger partial charge is 0.339 e. The summed E-state index contributed by atoms with van der Waals surface area (Å²) >= 11 is 0. The van der Waals surface area contributed by atoms with E-state index in [4.69, 9.17) is 4.52 Å². The minimum atomic E-state index is 0. The van der Waals surface area contributed by atoms with E-state index in [2.05, 4.69) is 46.3 Å². The Morgan fingerprint density at radius 1 is 1.21 bits per heavy atom. The predicted octanol–water partition coefficient (Wildman–Crippen LogP) is 3.57. The molecule has 4 rings (SSSR count). The number of aromatic nitrogens is 2. The average molecular weight is 405 g/mol.